The van der Waals surface area contributed by atoms with Crippen LogP contribution >= 0.6 is 0 Å². The number of ether oxygens (including phenoxy) is 5. The van der Waals surface area contributed by atoms with Crippen LogP contribution in [-0.2, 0) is 36.8 Å². The van der Waals surface area contributed by atoms with Crippen molar-refractivity contribution in [3.8, 4) is 0 Å². The Morgan fingerprint density at radius 1 is 0.438 bits per heavy atom. The molecule has 12 heterocycles. The van der Waals surface area contributed by atoms with E-state index in [1.165, 1.54) is 30.4 Å². The maximum atomic E-state index is 7.69. The van der Waals surface area contributed by atoms with Gasteiger partial charge in [0.25, 0.3) is 0 Å². The van der Waals surface area contributed by atoms with E-state index in [1.807, 2.05) is 0 Å². The van der Waals surface area contributed by atoms with Crippen LogP contribution in [0, 0.1) is 47.3 Å². The first-order valence-corrected chi connectivity index (χ1v) is 19.7. The third kappa shape index (κ3) is 5.04. The zero-order valence-corrected chi connectivity index (χ0v) is 29.0. The second-order valence-electron chi connectivity index (χ2n) is 16.8. The molecule has 9 heteroatoms. The Morgan fingerprint density at radius 2 is 0.792 bits per heavy atom. The Morgan fingerprint density at radius 3 is 1.17 bits per heavy atom. The Balaban J connectivity index is 0.893. The molecule has 10 bridgehead atoms. The van der Waals surface area contributed by atoms with E-state index in [4.69, 9.17) is 23.7 Å². The average Bonchev–Trinajstić information content (AvgIpc) is 3.76. The van der Waals surface area contributed by atoms with Gasteiger partial charge in [0.05, 0.1) is 64.1 Å². The van der Waals surface area contributed by atoms with E-state index in [1.54, 1.807) is 0 Å². The summed E-state index contributed by atoms with van der Waals surface area (Å²) in [5.41, 5.74) is 2.98. The summed E-state index contributed by atoms with van der Waals surface area (Å²) in [5, 5.41) is 0. The first kappa shape index (κ1) is 31.6. The molecule has 264 valence electrons. The second kappa shape index (κ2) is 12.8. The highest BCUT2D eigenvalue weighted by Crippen LogP contribution is 2.93. The summed E-state index contributed by atoms with van der Waals surface area (Å²) in [6.07, 6.45) is 3.93. The number of benzene rings is 1. The van der Waals surface area contributed by atoms with Gasteiger partial charge in [0.2, 0.25) is 0 Å². The summed E-state index contributed by atoms with van der Waals surface area (Å²) in [6, 6.07) is 9.22. The van der Waals surface area contributed by atoms with Gasteiger partial charge in [0, 0.05) is 78.5 Å². The molecule has 9 fully saturated rings. The number of nitrogens with zero attached hydrogens (tertiary/aromatic N) is 4. The van der Waals surface area contributed by atoms with Crippen LogP contribution < -0.4 is 0 Å². The van der Waals surface area contributed by atoms with Crippen LogP contribution in [0.15, 0.2) is 24.3 Å². The van der Waals surface area contributed by atoms with Crippen molar-refractivity contribution in [3.05, 3.63) is 35.4 Å². The number of hydrogen-bond acceptors (Lipinski definition) is 9. The molecule has 1 aromatic carbocycles. The summed E-state index contributed by atoms with van der Waals surface area (Å²) >= 11 is 0. The highest BCUT2D eigenvalue weighted by Gasteiger charge is 2.96. The van der Waals surface area contributed by atoms with Gasteiger partial charge in [-0.1, -0.05) is 24.3 Å². The zero-order valence-electron chi connectivity index (χ0n) is 29.0. The summed E-state index contributed by atoms with van der Waals surface area (Å²) in [4.78, 5) is 10.3. The van der Waals surface area contributed by atoms with Crippen molar-refractivity contribution >= 4 is 0 Å². The molecule has 5 aliphatic carbocycles. The molecule has 4 saturated heterocycles. The van der Waals surface area contributed by atoms with Gasteiger partial charge >= 0.3 is 0 Å². The third-order valence-corrected chi connectivity index (χ3v) is 15.0. The van der Waals surface area contributed by atoms with Crippen LogP contribution in [0.3, 0.4) is 0 Å². The van der Waals surface area contributed by atoms with Gasteiger partial charge in [-0.25, -0.2) is 0 Å². The Hall–Kier alpha value is -1.14. The quantitative estimate of drug-likeness (QED) is 0.418. The first-order valence-electron chi connectivity index (χ1n) is 19.7. The molecule has 10 unspecified atom stereocenters. The van der Waals surface area contributed by atoms with E-state index in [9.17, 15) is 0 Å². The highest BCUT2D eigenvalue weighted by atomic mass is 16.5. The van der Waals surface area contributed by atoms with Gasteiger partial charge in [-0.05, 0) is 77.7 Å². The summed E-state index contributed by atoms with van der Waals surface area (Å²) < 4.78 is 32.8. The van der Waals surface area contributed by atoms with E-state index >= 15 is 0 Å². The molecule has 1 aromatic rings. The van der Waals surface area contributed by atoms with Crippen molar-refractivity contribution in [3.63, 3.8) is 0 Å². The predicted octanol–water partition coefficient (Wildman–Crippen LogP) is 2.68. The van der Waals surface area contributed by atoms with Gasteiger partial charge in [0.15, 0.2) is 0 Å². The molecule has 12 aliphatic heterocycles. The standard InChI is InChI=1S/C39H58N4O5/c1-2-29-4-3-28(1)26-42-13-21-44-17-9-40(10-18-45-22-14-42)7-5-38-34-30-25-31-33-32(30)36(38)37(33)39(48-38,35(31)34)6-8-41-11-19-46-23-15-43(27-29)16-24-47-20-12-41/h1-4,30-37H,5-27H2. The van der Waals surface area contributed by atoms with Crippen molar-refractivity contribution in [1.82, 2.24) is 19.6 Å². The zero-order chi connectivity index (χ0) is 31.7. The molecule has 0 radical (unpaired) electrons. The first-order chi connectivity index (χ1) is 23.7. The van der Waals surface area contributed by atoms with Gasteiger partial charge in [-0.15, -0.1) is 0 Å². The van der Waals surface area contributed by atoms with E-state index < -0.39 is 0 Å². The van der Waals surface area contributed by atoms with Gasteiger partial charge in [0.1, 0.15) is 0 Å². The SMILES string of the molecule is c1cc2ccc1CN1CCOCCN(CCOCC1)CCC13OC4(CCN5CCOCCN(CCOCC5)C2)C2C5CC(C6C5C4C61)C23. The van der Waals surface area contributed by atoms with Gasteiger partial charge in [-0.2, -0.15) is 0 Å². The monoisotopic (exact) mass is 662 g/mol. The molecule has 5 saturated carbocycles. The fourth-order valence-electron chi connectivity index (χ4n) is 13.4. The van der Waals surface area contributed by atoms with Crippen LogP contribution in [-0.4, -0.2) is 149 Å². The van der Waals surface area contributed by atoms with Crippen LogP contribution in [0.1, 0.15) is 30.4 Å². The topological polar surface area (TPSA) is 59.1 Å². The molecular weight excluding hydrogens is 604 g/mol. The molecule has 10 atom stereocenters. The molecule has 18 rings (SSSR count). The summed E-state index contributed by atoms with van der Waals surface area (Å²) in [7, 11) is 0. The van der Waals surface area contributed by atoms with Crippen LogP contribution in [0.4, 0.5) is 0 Å². The minimum Gasteiger partial charge on any atom is -0.379 e. The normalized spacial score (nSPS) is 50.4. The van der Waals surface area contributed by atoms with Gasteiger partial charge < -0.3 is 23.7 Å². The van der Waals surface area contributed by atoms with E-state index in [-0.39, 0.29) is 11.2 Å². The molecule has 0 N–H and O–H groups in total. The molecule has 0 aromatic heterocycles. The van der Waals surface area contributed by atoms with Crippen molar-refractivity contribution in [1.29, 1.82) is 0 Å². The van der Waals surface area contributed by atoms with Crippen molar-refractivity contribution in [2.45, 2.75) is 43.6 Å². The highest BCUT2D eigenvalue weighted by molar-refractivity contribution is 5.43. The van der Waals surface area contributed by atoms with E-state index in [0.29, 0.717) is 0 Å². The Kier molecular flexibility index (Phi) is 8.43. The maximum Gasteiger partial charge on any atom is 0.0771 e. The lowest BCUT2D eigenvalue weighted by molar-refractivity contribution is -0.0871. The van der Waals surface area contributed by atoms with Crippen molar-refractivity contribution in [2.75, 3.05) is 118 Å². The molecule has 9 nitrogen and oxygen atoms in total. The predicted molar refractivity (Wildman–Crippen MR) is 181 cm³/mol. The maximum absolute atomic E-state index is 7.69. The van der Waals surface area contributed by atoms with E-state index in [2.05, 4.69) is 43.9 Å². The fourth-order valence-corrected chi connectivity index (χ4v) is 13.4. The summed E-state index contributed by atoms with van der Waals surface area (Å²) in [5.74, 6) is 7.17. The lowest BCUT2D eigenvalue weighted by Crippen LogP contribution is -2.53. The molecule has 2 spiro atoms. The Labute approximate surface area is 287 Å². The van der Waals surface area contributed by atoms with Crippen LogP contribution in [0.25, 0.3) is 0 Å². The fraction of sp³-hybridized carbons (Fsp3) is 0.846. The molecular formula is C39H58N4O5. The lowest BCUT2D eigenvalue weighted by Gasteiger charge is -2.48. The van der Waals surface area contributed by atoms with Gasteiger partial charge in [-0.3, -0.25) is 19.6 Å². The second-order valence-corrected chi connectivity index (χ2v) is 16.8. The minimum absolute atomic E-state index is 0.139. The van der Waals surface area contributed by atoms with Crippen LogP contribution in [0.2, 0.25) is 0 Å². The lowest BCUT2D eigenvalue weighted by atomic mass is 9.54. The van der Waals surface area contributed by atoms with Crippen molar-refractivity contribution < 1.29 is 23.7 Å². The number of rotatable bonds is 0. The average molecular weight is 663 g/mol. The minimum atomic E-state index is 0.139. The van der Waals surface area contributed by atoms with Crippen molar-refractivity contribution in [2.24, 2.45) is 47.3 Å². The number of hydrogen-bond donors (Lipinski definition) is 0. The third-order valence-electron chi connectivity index (χ3n) is 15.0. The Bertz CT molecular complexity index is 1170. The smallest absolute Gasteiger partial charge is 0.0771 e. The van der Waals surface area contributed by atoms with E-state index in [0.717, 1.165) is 179 Å². The molecule has 17 aliphatic rings. The molecule has 48 heavy (non-hydrogen) atoms. The summed E-state index contributed by atoms with van der Waals surface area (Å²) in [6.45, 7) is 18.1. The van der Waals surface area contributed by atoms with Crippen LogP contribution in [0.5, 0.6) is 0 Å². The molecule has 0 amide bonds. The largest absolute Gasteiger partial charge is 0.379 e.